The van der Waals surface area contributed by atoms with E-state index in [0.717, 1.165) is 41.5 Å². The molecule has 0 aliphatic heterocycles. The topological polar surface area (TPSA) is 92.0 Å². The maximum absolute atomic E-state index is 12.8. The van der Waals surface area contributed by atoms with Crippen LogP contribution in [0.1, 0.15) is 30.2 Å². The Kier molecular flexibility index (Phi) is 4.05. The molecular formula is C21H19N3O3S. The molecule has 0 fully saturated rings. The first-order valence-corrected chi connectivity index (χ1v) is 10.3. The van der Waals surface area contributed by atoms with Gasteiger partial charge in [-0.05, 0) is 50.3 Å². The van der Waals surface area contributed by atoms with E-state index in [1.165, 1.54) is 4.88 Å². The van der Waals surface area contributed by atoms with Gasteiger partial charge in [0.2, 0.25) is 5.55 Å². The number of nitrogens with one attached hydrogen (secondary N) is 2. The number of hydrogen-bond donors (Lipinski definition) is 2. The predicted molar refractivity (Wildman–Crippen MR) is 109 cm³/mol. The van der Waals surface area contributed by atoms with E-state index in [1.807, 2.05) is 31.2 Å². The van der Waals surface area contributed by atoms with Gasteiger partial charge in [0.05, 0.1) is 17.6 Å². The Balaban J connectivity index is 1.72. The van der Waals surface area contributed by atoms with Crippen molar-refractivity contribution in [1.82, 2.24) is 9.97 Å². The molecule has 142 valence electrons. The lowest BCUT2D eigenvalue weighted by Crippen LogP contribution is -2.14. The summed E-state index contributed by atoms with van der Waals surface area (Å²) in [5.41, 5.74) is 1.95. The first-order chi connectivity index (χ1) is 13.7. The lowest BCUT2D eigenvalue weighted by Gasteiger charge is -2.09. The van der Waals surface area contributed by atoms with Gasteiger partial charge in [0.15, 0.2) is 11.3 Å². The zero-order chi connectivity index (χ0) is 19.3. The molecule has 28 heavy (non-hydrogen) atoms. The second-order valence-electron chi connectivity index (χ2n) is 6.90. The van der Waals surface area contributed by atoms with E-state index >= 15 is 0 Å². The highest BCUT2D eigenvalue weighted by Gasteiger charge is 2.21. The third kappa shape index (κ3) is 2.65. The number of fused-ring (bicyclic) bond motifs is 4. The molecule has 1 aliphatic rings. The monoisotopic (exact) mass is 393 g/mol. The smallest absolute Gasteiger partial charge is 0.260 e. The molecule has 1 aliphatic carbocycles. The van der Waals surface area contributed by atoms with E-state index in [2.05, 4.69) is 9.97 Å². The molecule has 0 unspecified atom stereocenters. The Labute approximate surface area is 164 Å². The zero-order valence-corrected chi connectivity index (χ0v) is 16.2. The molecule has 1 aromatic carbocycles. The van der Waals surface area contributed by atoms with Gasteiger partial charge in [0.25, 0.3) is 5.56 Å². The molecule has 2 N–H and O–H groups in total. The molecule has 0 bridgehead atoms. The third-order valence-corrected chi connectivity index (χ3v) is 6.32. The van der Waals surface area contributed by atoms with Crippen LogP contribution in [0.3, 0.4) is 0 Å². The normalized spacial score (nSPS) is 13.8. The maximum atomic E-state index is 12.8. The molecule has 0 saturated heterocycles. The van der Waals surface area contributed by atoms with Crippen LogP contribution >= 0.6 is 11.3 Å². The maximum Gasteiger partial charge on any atom is 0.260 e. The number of aryl methyl sites for hydroxylation is 2. The minimum atomic E-state index is -0.137. The van der Waals surface area contributed by atoms with Crippen LogP contribution in [0.25, 0.3) is 32.6 Å². The standard InChI is InChI=1S/C21H19N3O3S/c1-2-26-14-8-5-6-11-10-13(18(22)27-17(11)14)19-23-20(25)16-12-7-3-4-9-15(12)28-21(16)24-19/h5-6,8,10,22H,2-4,7,9H2,1H3,(H,23,24,25). The molecule has 0 amide bonds. The van der Waals surface area contributed by atoms with Crippen LogP contribution in [0.5, 0.6) is 5.75 Å². The van der Waals surface area contributed by atoms with Crippen molar-refractivity contribution in [2.24, 2.45) is 0 Å². The Hall–Kier alpha value is -2.93. The van der Waals surface area contributed by atoms with Gasteiger partial charge in [-0.1, -0.05) is 12.1 Å². The fraction of sp³-hybridized carbons (Fsp3) is 0.286. The summed E-state index contributed by atoms with van der Waals surface area (Å²) in [6.07, 6.45) is 4.23. The second kappa shape index (κ2) is 6.60. The number of benzene rings is 1. The molecule has 0 atom stereocenters. The summed E-state index contributed by atoms with van der Waals surface area (Å²) in [4.78, 5) is 22.4. The van der Waals surface area contributed by atoms with Crippen LogP contribution in [0.4, 0.5) is 0 Å². The summed E-state index contributed by atoms with van der Waals surface area (Å²) in [6.45, 7) is 2.41. The van der Waals surface area contributed by atoms with Gasteiger partial charge in [-0.2, -0.15) is 0 Å². The number of aromatic amines is 1. The fourth-order valence-electron chi connectivity index (χ4n) is 3.87. The van der Waals surface area contributed by atoms with Crippen LogP contribution in [0, 0.1) is 5.41 Å². The van der Waals surface area contributed by atoms with E-state index in [1.54, 1.807) is 11.3 Å². The van der Waals surface area contributed by atoms with Crippen molar-refractivity contribution in [2.45, 2.75) is 32.6 Å². The largest absolute Gasteiger partial charge is 0.490 e. The van der Waals surface area contributed by atoms with Crippen molar-refractivity contribution in [3.8, 4) is 17.1 Å². The van der Waals surface area contributed by atoms with Gasteiger partial charge in [-0.25, -0.2) is 4.98 Å². The molecule has 0 radical (unpaired) electrons. The van der Waals surface area contributed by atoms with Crippen LogP contribution in [0.15, 0.2) is 33.5 Å². The third-order valence-electron chi connectivity index (χ3n) is 5.14. The van der Waals surface area contributed by atoms with Gasteiger partial charge in [-0.3, -0.25) is 10.2 Å². The summed E-state index contributed by atoms with van der Waals surface area (Å²) < 4.78 is 11.3. The van der Waals surface area contributed by atoms with Crippen molar-refractivity contribution in [1.29, 1.82) is 5.41 Å². The van der Waals surface area contributed by atoms with Crippen molar-refractivity contribution in [3.05, 3.63) is 50.6 Å². The van der Waals surface area contributed by atoms with Gasteiger partial charge in [-0.15, -0.1) is 11.3 Å². The van der Waals surface area contributed by atoms with E-state index in [4.69, 9.17) is 14.6 Å². The molecule has 7 heteroatoms. The number of ether oxygens (including phenoxy) is 1. The zero-order valence-electron chi connectivity index (χ0n) is 15.4. The number of para-hydroxylation sites is 1. The van der Waals surface area contributed by atoms with E-state index in [-0.39, 0.29) is 11.1 Å². The lowest BCUT2D eigenvalue weighted by atomic mass is 9.97. The molecule has 4 aromatic rings. The van der Waals surface area contributed by atoms with Crippen molar-refractivity contribution in [2.75, 3.05) is 6.61 Å². The van der Waals surface area contributed by atoms with Crippen LogP contribution in [-0.4, -0.2) is 16.6 Å². The Morgan fingerprint density at radius 2 is 2.18 bits per heavy atom. The number of nitrogens with zero attached hydrogens (tertiary/aromatic N) is 1. The Bertz CT molecular complexity index is 1330. The highest BCUT2D eigenvalue weighted by atomic mass is 32.1. The van der Waals surface area contributed by atoms with Crippen LogP contribution < -0.4 is 15.9 Å². The SMILES string of the molecule is CCOc1cccc2cc(-c3nc4sc5c(c4c(=O)[nH]3)CCCC5)c(=N)oc12. The summed E-state index contributed by atoms with van der Waals surface area (Å²) >= 11 is 1.60. The fourth-order valence-corrected chi connectivity index (χ4v) is 5.13. The average molecular weight is 393 g/mol. The highest BCUT2D eigenvalue weighted by molar-refractivity contribution is 7.18. The molecule has 0 saturated carbocycles. The molecule has 6 nitrogen and oxygen atoms in total. The van der Waals surface area contributed by atoms with E-state index in [0.29, 0.717) is 34.7 Å². The summed E-state index contributed by atoms with van der Waals surface area (Å²) in [6, 6.07) is 7.41. The predicted octanol–water partition coefficient (Wildman–Crippen LogP) is 4.15. The van der Waals surface area contributed by atoms with Gasteiger partial charge in [0.1, 0.15) is 10.7 Å². The quantitative estimate of drug-likeness (QED) is 0.547. The first kappa shape index (κ1) is 17.2. The van der Waals surface area contributed by atoms with E-state index < -0.39 is 0 Å². The van der Waals surface area contributed by atoms with Crippen LogP contribution in [0.2, 0.25) is 0 Å². The van der Waals surface area contributed by atoms with Gasteiger partial charge in [0, 0.05) is 10.3 Å². The van der Waals surface area contributed by atoms with Crippen molar-refractivity contribution in [3.63, 3.8) is 0 Å². The molecule has 0 spiro atoms. The summed E-state index contributed by atoms with van der Waals surface area (Å²) in [5.74, 6) is 0.969. The Morgan fingerprint density at radius 1 is 1.32 bits per heavy atom. The first-order valence-electron chi connectivity index (χ1n) is 9.45. The number of H-pyrrole nitrogens is 1. The molecule has 3 heterocycles. The number of aromatic nitrogens is 2. The number of rotatable bonds is 3. The van der Waals surface area contributed by atoms with Gasteiger partial charge >= 0.3 is 0 Å². The van der Waals surface area contributed by atoms with Crippen molar-refractivity contribution < 1.29 is 9.15 Å². The Morgan fingerprint density at radius 3 is 3.04 bits per heavy atom. The van der Waals surface area contributed by atoms with Crippen LogP contribution in [-0.2, 0) is 12.8 Å². The number of hydrogen-bond acceptors (Lipinski definition) is 6. The highest BCUT2D eigenvalue weighted by Crippen LogP contribution is 2.34. The van der Waals surface area contributed by atoms with Crippen molar-refractivity contribution >= 4 is 32.5 Å². The molecule has 5 rings (SSSR count). The van der Waals surface area contributed by atoms with Gasteiger partial charge < -0.3 is 14.1 Å². The average Bonchev–Trinajstić information content (AvgIpc) is 3.07. The summed E-state index contributed by atoms with van der Waals surface area (Å²) in [7, 11) is 0. The minimum absolute atomic E-state index is 0.0523. The van der Waals surface area contributed by atoms with E-state index in [9.17, 15) is 4.79 Å². The molecule has 3 aromatic heterocycles. The second-order valence-corrected chi connectivity index (χ2v) is 7.99. The lowest BCUT2D eigenvalue weighted by molar-refractivity contribution is 0.336. The number of thiophene rings is 1. The minimum Gasteiger partial charge on any atom is -0.490 e. The molecular weight excluding hydrogens is 374 g/mol. The summed E-state index contributed by atoms with van der Waals surface area (Å²) in [5, 5.41) is 9.86.